The maximum absolute atomic E-state index is 5.21. The van der Waals surface area contributed by atoms with Crippen molar-refractivity contribution in [2.45, 2.75) is 51.9 Å². The molecule has 22 heavy (non-hydrogen) atoms. The monoisotopic (exact) mass is 297 g/mol. The van der Waals surface area contributed by atoms with Crippen molar-refractivity contribution in [1.82, 2.24) is 4.98 Å². The van der Waals surface area contributed by atoms with Crippen molar-refractivity contribution in [2.75, 3.05) is 7.11 Å². The predicted molar refractivity (Wildman–Crippen MR) is 92.6 cm³/mol. The van der Waals surface area contributed by atoms with Gasteiger partial charge in [-0.25, -0.2) is 0 Å². The van der Waals surface area contributed by atoms with Crippen LogP contribution in [0.25, 0.3) is 0 Å². The predicted octanol–water partition coefficient (Wildman–Crippen LogP) is 5.36. The van der Waals surface area contributed by atoms with E-state index in [1.807, 2.05) is 18.3 Å². The Morgan fingerprint density at radius 3 is 2.27 bits per heavy atom. The van der Waals surface area contributed by atoms with Crippen LogP contribution in [0.4, 0.5) is 0 Å². The van der Waals surface area contributed by atoms with E-state index in [9.17, 15) is 0 Å². The molecule has 1 heterocycles. The molecule has 118 valence electrons. The molecule has 1 aromatic heterocycles. The van der Waals surface area contributed by atoms with E-state index in [1.165, 1.54) is 42.5 Å². The fourth-order valence-corrected chi connectivity index (χ4v) is 2.66. The fourth-order valence-electron chi connectivity index (χ4n) is 2.66. The van der Waals surface area contributed by atoms with Gasteiger partial charge < -0.3 is 4.74 Å². The van der Waals surface area contributed by atoms with E-state index in [0.29, 0.717) is 5.92 Å². The Bertz CT molecular complexity index is 545. The van der Waals surface area contributed by atoms with E-state index in [1.54, 1.807) is 7.11 Å². The SMILES string of the molecule is CCCCCCc1ccc(C(C)c2ccc(OC)cc2)cn1. The maximum Gasteiger partial charge on any atom is 0.118 e. The van der Waals surface area contributed by atoms with E-state index in [2.05, 4.69) is 43.1 Å². The molecule has 2 heteroatoms. The highest BCUT2D eigenvalue weighted by molar-refractivity contribution is 5.34. The standard InChI is InChI=1S/C20H27NO/c1-4-5-6-7-8-19-12-9-18(15-21-19)16(2)17-10-13-20(22-3)14-11-17/h9-16H,4-8H2,1-3H3. The van der Waals surface area contributed by atoms with Crippen LogP contribution < -0.4 is 4.74 Å². The largest absolute Gasteiger partial charge is 0.497 e. The number of nitrogens with zero attached hydrogens (tertiary/aromatic N) is 1. The summed E-state index contributed by atoms with van der Waals surface area (Å²) >= 11 is 0. The van der Waals surface area contributed by atoms with Gasteiger partial charge in [-0.05, 0) is 42.2 Å². The average molecular weight is 297 g/mol. The third-order valence-corrected chi connectivity index (χ3v) is 4.25. The van der Waals surface area contributed by atoms with Crippen LogP contribution in [0.2, 0.25) is 0 Å². The summed E-state index contributed by atoms with van der Waals surface area (Å²) in [6.07, 6.45) is 8.29. The zero-order chi connectivity index (χ0) is 15.8. The van der Waals surface area contributed by atoms with Crippen LogP contribution in [0.1, 0.15) is 62.3 Å². The van der Waals surface area contributed by atoms with Crippen LogP contribution in [0, 0.1) is 0 Å². The molecule has 1 unspecified atom stereocenters. The van der Waals surface area contributed by atoms with Crippen molar-refractivity contribution in [3.63, 3.8) is 0 Å². The molecule has 2 rings (SSSR count). The second-order valence-electron chi connectivity index (χ2n) is 5.89. The first kappa shape index (κ1) is 16.5. The number of ether oxygens (including phenoxy) is 1. The van der Waals surface area contributed by atoms with Crippen molar-refractivity contribution < 1.29 is 4.74 Å². The van der Waals surface area contributed by atoms with E-state index in [-0.39, 0.29) is 0 Å². The summed E-state index contributed by atoms with van der Waals surface area (Å²) in [7, 11) is 1.70. The Kier molecular flexibility index (Phi) is 6.45. The molecule has 1 atom stereocenters. The molecule has 0 aliphatic heterocycles. The number of aryl methyl sites for hydroxylation is 1. The lowest BCUT2D eigenvalue weighted by atomic mass is 9.94. The lowest BCUT2D eigenvalue weighted by Gasteiger charge is -2.13. The lowest BCUT2D eigenvalue weighted by Crippen LogP contribution is -1.99. The molecule has 0 aliphatic carbocycles. The maximum atomic E-state index is 5.21. The molecule has 0 spiro atoms. The molecule has 0 bridgehead atoms. The molecule has 1 aromatic carbocycles. The summed E-state index contributed by atoms with van der Waals surface area (Å²) in [5.41, 5.74) is 3.77. The topological polar surface area (TPSA) is 22.1 Å². The quantitative estimate of drug-likeness (QED) is 0.611. The summed E-state index contributed by atoms with van der Waals surface area (Å²) in [4.78, 5) is 4.63. The number of rotatable bonds is 8. The van der Waals surface area contributed by atoms with Gasteiger partial charge in [-0.2, -0.15) is 0 Å². The van der Waals surface area contributed by atoms with Crippen molar-refractivity contribution >= 4 is 0 Å². The minimum atomic E-state index is 0.354. The summed E-state index contributed by atoms with van der Waals surface area (Å²) in [6, 6.07) is 12.7. The molecule has 0 amide bonds. The molecule has 0 fully saturated rings. The van der Waals surface area contributed by atoms with Crippen molar-refractivity contribution in [3.8, 4) is 5.75 Å². The van der Waals surface area contributed by atoms with Gasteiger partial charge in [0.15, 0.2) is 0 Å². The van der Waals surface area contributed by atoms with Gasteiger partial charge in [0.05, 0.1) is 7.11 Å². The highest BCUT2D eigenvalue weighted by atomic mass is 16.5. The highest BCUT2D eigenvalue weighted by Crippen LogP contribution is 2.25. The molecular formula is C20H27NO. The summed E-state index contributed by atoms with van der Waals surface area (Å²) in [6.45, 7) is 4.47. The van der Waals surface area contributed by atoms with Crippen LogP contribution in [0.15, 0.2) is 42.6 Å². The Morgan fingerprint density at radius 1 is 0.955 bits per heavy atom. The number of methoxy groups -OCH3 is 1. The second-order valence-corrected chi connectivity index (χ2v) is 5.89. The van der Waals surface area contributed by atoms with Crippen molar-refractivity contribution in [1.29, 1.82) is 0 Å². The van der Waals surface area contributed by atoms with Gasteiger partial charge in [0.25, 0.3) is 0 Å². The van der Waals surface area contributed by atoms with Crippen LogP contribution in [-0.4, -0.2) is 12.1 Å². The van der Waals surface area contributed by atoms with Crippen molar-refractivity contribution in [2.24, 2.45) is 0 Å². The fraction of sp³-hybridized carbons (Fsp3) is 0.450. The Hall–Kier alpha value is -1.83. The summed E-state index contributed by atoms with van der Waals surface area (Å²) in [5.74, 6) is 1.25. The molecule has 0 saturated heterocycles. The number of hydrogen-bond acceptors (Lipinski definition) is 2. The first-order valence-corrected chi connectivity index (χ1v) is 8.33. The number of aromatic nitrogens is 1. The van der Waals surface area contributed by atoms with Crippen molar-refractivity contribution in [3.05, 3.63) is 59.4 Å². The summed E-state index contributed by atoms with van der Waals surface area (Å²) < 4.78 is 5.21. The first-order valence-electron chi connectivity index (χ1n) is 8.33. The molecule has 0 saturated carbocycles. The summed E-state index contributed by atoms with van der Waals surface area (Å²) in [5, 5.41) is 0. The first-order chi connectivity index (χ1) is 10.7. The van der Waals surface area contributed by atoms with Gasteiger partial charge in [-0.1, -0.05) is 51.3 Å². The van der Waals surface area contributed by atoms with E-state index in [0.717, 1.165) is 12.2 Å². The Morgan fingerprint density at radius 2 is 1.68 bits per heavy atom. The van der Waals surface area contributed by atoms with E-state index < -0.39 is 0 Å². The van der Waals surface area contributed by atoms with Crippen LogP contribution in [0.5, 0.6) is 5.75 Å². The molecule has 0 N–H and O–H groups in total. The normalized spacial score (nSPS) is 12.1. The smallest absolute Gasteiger partial charge is 0.118 e. The van der Waals surface area contributed by atoms with E-state index in [4.69, 9.17) is 4.74 Å². The zero-order valence-electron chi connectivity index (χ0n) is 14.0. The molecule has 2 aromatic rings. The number of unbranched alkanes of at least 4 members (excludes halogenated alkanes) is 3. The highest BCUT2D eigenvalue weighted by Gasteiger charge is 2.09. The molecule has 2 nitrogen and oxygen atoms in total. The van der Waals surface area contributed by atoms with Crippen LogP contribution in [-0.2, 0) is 6.42 Å². The van der Waals surface area contributed by atoms with Crippen LogP contribution >= 0.6 is 0 Å². The average Bonchev–Trinajstić information content (AvgIpc) is 2.59. The number of pyridine rings is 1. The van der Waals surface area contributed by atoms with Gasteiger partial charge >= 0.3 is 0 Å². The van der Waals surface area contributed by atoms with E-state index >= 15 is 0 Å². The molecule has 0 aliphatic rings. The van der Waals surface area contributed by atoms with Gasteiger partial charge in [0, 0.05) is 17.8 Å². The van der Waals surface area contributed by atoms with Gasteiger partial charge in [-0.3, -0.25) is 4.98 Å². The Labute approximate surface area is 134 Å². The van der Waals surface area contributed by atoms with Gasteiger partial charge in [-0.15, -0.1) is 0 Å². The molecule has 0 radical (unpaired) electrons. The number of benzene rings is 1. The molecular weight excluding hydrogens is 270 g/mol. The van der Waals surface area contributed by atoms with Crippen LogP contribution in [0.3, 0.4) is 0 Å². The third-order valence-electron chi connectivity index (χ3n) is 4.25. The van der Waals surface area contributed by atoms with Gasteiger partial charge in [0.2, 0.25) is 0 Å². The minimum absolute atomic E-state index is 0.354. The third kappa shape index (κ3) is 4.59. The Balaban J connectivity index is 1.96. The van der Waals surface area contributed by atoms with Gasteiger partial charge in [0.1, 0.15) is 5.75 Å². The number of hydrogen-bond donors (Lipinski definition) is 0. The minimum Gasteiger partial charge on any atom is -0.497 e. The second kappa shape index (κ2) is 8.57. The lowest BCUT2D eigenvalue weighted by molar-refractivity contribution is 0.414. The zero-order valence-corrected chi connectivity index (χ0v) is 14.0.